The molecule has 1 amide bonds. The first-order chi connectivity index (χ1) is 14.5. The van der Waals surface area contributed by atoms with Crippen molar-refractivity contribution in [2.45, 2.75) is 46.6 Å². The van der Waals surface area contributed by atoms with Gasteiger partial charge in [-0.15, -0.1) is 0 Å². The standard InChI is InChI=1S/C22H26ClF4N3O/c1-6-17(12(2)3)30(11-15(13(4)23)14-9-7-8-10-16(14)24)22(31)18-19(20(25)26)28-29(5)21(18)27/h7-10,12,17,20H,6,11H2,1-5H3/b15-13-. The van der Waals surface area contributed by atoms with Gasteiger partial charge in [-0.05, 0) is 30.9 Å². The second-order valence-electron chi connectivity index (χ2n) is 7.62. The Kier molecular flexibility index (Phi) is 8.28. The molecule has 2 aromatic rings. The molecule has 1 atom stereocenters. The van der Waals surface area contributed by atoms with Crippen LogP contribution in [0.4, 0.5) is 17.6 Å². The molecule has 0 aliphatic rings. The smallest absolute Gasteiger partial charge is 0.283 e. The molecule has 1 aromatic heterocycles. The fourth-order valence-electron chi connectivity index (χ4n) is 3.66. The van der Waals surface area contributed by atoms with Gasteiger partial charge >= 0.3 is 0 Å². The number of amides is 1. The second kappa shape index (κ2) is 10.3. The van der Waals surface area contributed by atoms with Crippen LogP contribution in [0.5, 0.6) is 0 Å². The number of alkyl halides is 2. The molecule has 9 heteroatoms. The molecule has 0 bridgehead atoms. The van der Waals surface area contributed by atoms with Crippen LogP contribution < -0.4 is 0 Å². The molecule has 170 valence electrons. The van der Waals surface area contributed by atoms with Crippen LogP contribution in [-0.4, -0.2) is 33.2 Å². The van der Waals surface area contributed by atoms with Crippen molar-refractivity contribution in [1.29, 1.82) is 0 Å². The third kappa shape index (κ3) is 5.29. The fourth-order valence-corrected chi connectivity index (χ4v) is 3.83. The van der Waals surface area contributed by atoms with E-state index in [1.165, 1.54) is 23.1 Å². The van der Waals surface area contributed by atoms with Crippen molar-refractivity contribution in [3.05, 3.63) is 57.9 Å². The summed E-state index contributed by atoms with van der Waals surface area (Å²) in [7, 11) is 1.15. The summed E-state index contributed by atoms with van der Waals surface area (Å²) in [5.74, 6) is -2.71. The Balaban J connectivity index is 2.63. The van der Waals surface area contributed by atoms with Gasteiger partial charge in [0, 0.05) is 30.2 Å². The van der Waals surface area contributed by atoms with Gasteiger partial charge in [0.2, 0.25) is 5.95 Å². The number of carbonyl (C=O) groups excluding carboxylic acids is 1. The Labute approximate surface area is 184 Å². The van der Waals surface area contributed by atoms with E-state index in [-0.39, 0.29) is 23.1 Å². The van der Waals surface area contributed by atoms with E-state index in [1.54, 1.807) is 13.0 Å². The lowest BCUT2D eigenvalue weighted by Crippen LogP contribution is -2.44. The number of nitrogens with zero attached hydrogens (tertiary/aromatic N) is 3. The lowest BCUT2D eigenvalue weighted by molar-refractivity contribution is 0.0637. The minimum atomic E-state index is -3.13. The normalized spacial score (nSPS) is 13.5. The molecule has 0 N–H and O–H groups in total. The number of hydrogen-bond acceptors (Lipinski definition) is 2. The molecule has 4 nitrogen and oxygen atoms in total. The molecular formula is C22H26ClF4N3O. The predicted octanol–water partition coefficient (Wildman–Crippen LogP) is 6.18. The minimum Gasteiger partial charge on any atom is -0.331 e. The summed E-state index contributed by atoms with van der Waals surface area (Å²) in [6.07, 6.45) is -2.66. The first-order valence-electron chi connectivity index (χ1n) is 9.92. The van der Waals surface area contributed by atoms with Gasteiger partial charge in [-0.25, -0.2) is 17.9 Å². The Morgan fingerprint density at radius 2 is 1.84 bits per heavy atom. The maximum atomic E-state index is 14.7. The van der Waals surface area contributed by atoms with E-state index >= 15 is 0 Å². The molecule has 1 aromatic carbocycles. The van der Waals surface area contributed by atoms with E-state index in [0.717, 1.165) is 7.05 Å². The molecule has 2 rings (SSSR count). The highest BCUT2D eigenvalue weighted by atomic mass is 35.5. The third-order valence-electron chi connectivity index (χ3n) is 5.22. The SMILES string of the molecule is CCC(C(C)C)N(C/C(=C(\C)Cl)c1ccccc1F)C(=O)c1c(C(F)F)nn(C)c1F. The number of aryl methyl sites for hydroxylation is 1. The van der Waals surface area contributed by atoms with Crippen LogP contribution in [-0.2, 0) is 7.05 Å². The molecule has 0 aliphatic carbocycles. The highest BCUT2D eigenvalue weighted by Gasteiger charge is 2.35. The lowest BCUT2D eigenvalue weighted by Gasteiger charge is -2.35. The lowest BCUT2D eigenvalue weighted by atomic mass is 9.96. The molecule has 0 fully saturated rings. The van der Waals surface area contributed by atoms with E-state index in [1.807, 2.05) is 20.8 Å². The Morgan fingerprint density at radius 3 is 2.32 bits per heavy atom. The maximum Gasteiger partial charge on any atom is 0.283 e. The van der Waals surface area contributed by atoms with E-state index < -0.39 is 41.4 Å². The summed E-state index contributed by atoms with van der Waals surface area (Å²) in [5.41, 5.74) is -1.20. The zero-order chi connectivity index (χ0) is 23.5. The monoisotopic (exact) mass is 459 g/mol. The number of benzene rings is 1. The highest BCUT2D eigenvalue weighted by Crippen LogP contribution is 2.31. The Hall–Kier alpha value is -2.35. The van der Waals surface area contributed by atoms with Crippen LogP contribution in [0.15, 0.2) is 29.3 Å². The molecule has 1 unspecified atom stereocenters. The van der Waals surface area contributed by atoms with Crippen molar-refractivity contribution >= 4 is 23.1 Å². The predicted molar refractivity (Wildman–Crippen MR) is 113 cm³/mol. The van der Waals surface area contributed by atoms with Crippen LogP contribution >= 0.6 is 11.6 Å². The van der Waals surface area contributed by atoms with Gasteiger partial charge in [-0.1, -0.05) is 50.6 Å². The van der Waals surface area contributed by atoms with Crippen LogP contribution in [0.2, 0.25) is 0 Å². The van der Waals surface area contributed by atoms with Crippen LogP contribution in [0.25, 0.3) is 5.57 Å². The van der Waals surface area contributed by atoms with Crippen LogP contribution in [0.3, 0.4) is 0 Å². The zero-order valence-electron chi connectivity index (χ0n) is 18.1. The number of allylic oxidation sites excluding steroid dienone is 1. The van der Waals surface area contributed by atoms with Crippen LogP contribution in [0.1, 0.15) is 62.2 Å². The van der Waals surface area contributed by atoms with Gasteiger partial charge in [-0.2, -0.15) is 9.49 Å². The van der Waals surface area contributed by atoms with E-state index in [4.69, 9.17) is 11.6 Å². The van der Waals surface area contributed by atoms with Gasteiger partial charge in [0.15, 0.2) is 0 Å². The molecule has 0 saturated heterocycles. The quantitative estimate of drug-likeness (QED) is 0.442. The highest BCUT2D eigenvalue weighted by molar-refractivity contribution is 6.32. The van der Waals surface area contributed by atoms with Gasteiger partial charge in [-0.3, -0.25) is 4.79 Å². The van der Waals surface area contributed by atoms with Gasteiger partial charge in [0.25, 0.3) is 12.3 Å². The van der Waals surface area contributed by atoms with Crippen molar-refractivity contribution in [2.75, 3.05) is 6.54 Å². The van der Waals surface area contributed by atoms with Gasteiger partial charge in [0.05, 0.1) is 0 Å². The summed E-state index contributed by atoms with van der Waals surface area (Å²) >= 11 is 6.25. The first kappa shape index (κ1) is 24.9. The summed E-state index contributed by atoms with van der Waals surface area (Å²) in [4.78, 5) is 14.7. The second-order valence-corrected chi connectivity index (χ2v) is 8.19. The van der Waals surface area contributed by atoms with Crippen LogP contribution in [0, 0.1) is 17.7 Å². The van der Waals surface area contributed by atoms with Gasteiger partial charge < -0.3 is 4.90 Å². The Morgan fingerprint density at radius 1 is 1.23 bits per heavy atom. The van der Waals surface area contributed by atoms with Gasteiger partial charge in [0.1, 0.15) is 17.1 Å². The summed E-state index contributed by atoms with van der Waals surface area (Å²) in [6, 6.07) is 5.49. The van der Waals surface area contributed by atoms with E-state index in [9.17, 15) is 22.4 Å². The molecule has 1 heterocycles. The minimum absolute atomic E-state index is 0.0822. The zero-order valence-corrected chi connectivity index (χ0v) is 18.9. The molecule has 0 radical (unpaired) electrons. The molecule has 0 aliphatic heterocycles. The molecular weight excluding hydrogens is 434 g/mol. The third-order valence-corrected chi connectivity index (χ3v) is 5.45. The van der Waals surface area contributed by atoms with Crippen molar-refractivity contribution < 1.29 is 22.4 Å². The topological polar surface area (TPSA) is 38.1 Å². The molecule has 0 saturated carbocycles. The van der Waals surface area contributed by atoms with E-state index in [2.05, 4.69) is 5.10 Å². The van der Waals surface area contributed by atoms with Crippen molar-refractivity contribution in [3.8, 4) is 0 Å². The summed E-state index contributed by atoms with van der Waals surface area (Å²) < 4.78 is 56.8. The number of aromatic nitrogens is 2. The number of halogens is 5. The fraction of sp³-hybridized carbons (Fsp3) is 0.455. The molecule has 0 spiro atoms. The Bertz CT molecular complexity index is 968. The van der Waals surface area contributed by atoms with Crippen molar-refractivity contribution in [2.24, 2.45) is 13.0 Å². The average Bonchev–Trinajstić information content (AvgIpc) is 3.00. The maximum absolute atomic E-state index is 14.7. The summed E-state index contributed by atoms with van der Waals surface area (Å²) in [5, 5.41) is 3.71. The van der Waals surface area contributed by atoms with Crippen molar-refractivity contribution in [3.63, 3.8) is 0 Å². The number of hydrogen-bond donors (Lipinski definition) is 0. The first-order valence-corrected chi connectivity index (χ1v) is 10.3. The van der Waals surface area contributed by atoms with Crippen molar-refractivity contribution in [1.82, 2.24) is 14.7 Å². The summed E-state index contributed by atoms with van der Waals surface area (Å²) in [6.45, 7) is 6.93. The number of rotatable bonds is 8. The largest absolute Gasteiger partial charge is 0.331 e. The average molecular weight is 460 g/mol. The molecule has 31 heavy (non-hydrogen) atoms. The number of carbonyl (C=O) groups is 1. The van der Waals surface area contributed by atoms with E-state index in [0.29, 0.717) is 16.7 Å².